The summed E-state index contributed by atoms with van der Waals surface area (Å²) in [7, 11) is 0. The lowest BCUT2D eigenvalue weighted by atomic mass is 10.1. The maximum Gasteiger partial charge on any atom is 0.255 e. The molecule has 30 heavy (non-hydrogen) atoms. The fourth-order valence-electron chi connectivity index (χ4n) is 3.80. The number of amides is 1. The smallest absolute Gasteiger partial charge is 0.255 e. The Morgan fingerprint density at radius 3 is 2.57 bits per heavy atom. The average Bonchev–Trinajstić information content (AvgIpc) is 3.18. The Morgan fingerprint density at radius 1 is 1.13 bits per heavy atom. The third-order valence-electron chi connectivity index (χ3n) is 5.28. The molecule has 1 atom stereocenters. The van der Waals surface area contributed by atoms with Crippen molar-refractivity contribution >= 4 is 16.9 Å². The average molecular weight is 409 g/mol. The van der Waals surface area contributed by atoms with Crippen LogP contribution in [-0.2, 0) is 0 Å². The molecule has 0 fully saturated rings. The lowest BCUT2D eigenvalue weighted by Gasteiger charge is -2.13. The molecular formula is C23H21F2N3O2. The molecule has 1 unspecified atom stereocenters. The molecule has 0 spiro atoms. The Bertz CT molecular complexity index is 1270. The number of nitrogens with one attached hydrogen (secondary N) is 1. The van der Waals surface area contributed by atoms with Gasteiger partial charge in [0, 0.05) is 17.0 Å². The van der Waals surface area contributed by atoms with Crippen molar-refractivity contribution in [3.63, 3.8) is 0 Å². The van der Waals surface area contributed by atoms with Crippen LogP contribution in [0, 0.1) is 32.4 Å². The van der Waals surface area contributed by atoms with Gasteiger partial charge in [-0.1, -0.05) is 18.2 Å². The molecule has 4 rings (SSSR count). The summed E-state index contributed by atoms with van der Waals surface area (Å²) in [5, 5.41) is 8.24. The molecule has 2 aromatic carbocycles. The van der Waals surface area contributed by atoms with Crippen LogP contribution in [0.3, 0.4) is 0 Å². The number of aromatic nitrogens is 2. The zero-order valence-electron chi connectivity index (χ0n) is 17.1. The molecule has 0 aliphatic heterocycles. The highest BCUT2D eigenvalue weighted by Crippen LogP contribution is 2.29. The van der Waals surface area contributed by atoms with Crippen molar-refractivity contribution in [3.05, 3.63) is 82.4 Å². The first-order valence-corrected chi connectivity index (χ1v) is 9.58. The first-order valence-electron chi connectivity index (χ1n) is 9.58. The van der Waals surface area contributed by atoms with E-state index < -0.39 is 11.6 Å². The topological polar surface area (TPSA) is 60.1 Å². The van der Waals surface area contributed by atoms with Gasteiger partial charge in [0.15, 0.2) is 5.82 Å². The minimum atomic E-state index is -0.751. The molecule has 0 bridgehead atoms. The van der Waals surface area contributed by atoms with Crippen LogP contribution >= 0.6 is 0 Å². The minimum Gasteiger partial charge on any atom is -0.459 e. The van der Waals surface area contributed by atoms with Crippen molar-refractivity contribution in [2.45, 2.75) is 33.7 Å². The number of halogens is 2. The fraction of sp³-hybridized carbons (Fsp3) is 0.217. The van der Waals surface area contributed by atoms with Crippen LogP contribution in [0.2, 0.25) is 0 Å². The van der Waals surface area contributed by atoms with Crippen molar-refractivity contribution in [1.29, 1.82) is 0 Å². The van der Waals surface area contributed by atoms with Crippen molar-refractivity contribution < 1.29 is 18.0 Å². The number of hydrogen-bond donors (Lipinski definition) is 1. The summed E-state index contributed by atoms with van der Waals surface area (Å²) in [6.07, 6.45) is 0. The van der Waals surface area contributed by atoms with Crippen LogP contribution in [0.25, 0.3) is 16.7 Å². The molecule has 0 radical (unpaired) electrons. The molecule has 0 aliphatic carbocycles. The third-order valence-corrected chi connectivity index (χ3v) is 5.28. The standard InChI is InChI=1S/C23H21F2N3O2/c1-12-17-7-5-6-8-20(17)30-22(12)14(3)26-23(29)21-13(2)27-28(15(21)4)19-10-9-16(24)11-18(19)25/h5-11,14H,1-4H3,(H,26,29). The van der Waals surface area contributed by atoms with E-state index in [0.29, 0.717) is 22.7 Å². The van der Waals surface area contributed by atoms with Gasteiger partial charge in [-0.15, -0.1) is 0 Å². The number of rotatable bonds is 4. The Hall–Kier alpha value is -3.48. The molecule has 7 heteroatoms. The Kier molecular flexibility index (Phi) is 4.89. The summed E-state index contributed by atoms with van der Waals surface area (Å²) in [5.74, 6) is -1.09. The molecule has 0 saturated heterocycles. The second kappa shape index (κ2) is 7.40. The van der Waals surface area contributed by atoms with Gasteiger partial charge < -0.3 is 9.73 Å². The van der Waals surface area contributed by atoms with Crippen molar-refractivity contribution in [1.82, 2.24) is 15.1 Å². The van der Waals surface area contributed by atoms with E-state index in [1.54, 1.807) is 13.8 Å². The Morgan fingerprint density at radius 2 is 1.87 bits per heavy atom. The van der Waals surface area contributed by atoms with E-state index in [9.17, 15) is 13.6 Å². The lowest BCUT2D eigenvalue weighted by molar-refractivity contribution is 0.0934. The number of hydrogen-bond acceptors (Lipinski definition) is 3. The number of furan rings is 1. The molecule has 4 aromatic rings. The fourth-order valence-corrected chi connectivity index (χ4v) is 3.80. The summed E-state index contributed by atoms with van der Waals surface area (Å²) in [6.45, 7) is 7.15. The van der Waals surface area contributed by atoms with Crippen molar-refractivity contribution in [3.8, 4) is 5.69 Å². The molecule has 0 aliphatic rings. The molecule has 154 valence electrons. The van der Waals surface area contributed by atoms with Crippen LogP contribution < -0.4 is 5.32 Å². The highest BCUT2D eigenvalue weighted by Gasteiger charge is 2.24. The second-order valence-corrected chi connectivity index (χ2v) is 7.34. The van der Waals surface area contributed by atoms with Crippen LogP contribution in [-0.4, -0.2) is 15.7 Å². The number of fused-ring (bicyclic) bond motifs is 1. The molecule has 0 saturated carbocycles. The van der Waals surface area contributed by atoms with Gasteiger partial charge in [0.25, 0.3) is 5.91 Å². The predicted octanol–water partition coefficient (Wildman–Crippen LogP) is 5.31. The van der Waals surface area contributed by atoms with Crippen LogP contribution in [0.5, 0.6) is 0 Å². The van der Waals surface area contributed by atoms with Gasteiger partial charge >= 0.3 is 0 Å². The van der Waals surface area contributed by atoms with E-state index in [0.717, 1.165) is 28.7 Å². The van der Waals surface area contributed by atoms with E-state index in [4.69, 9.17) is 4.42 Å². The number of aryl methyl sites for hydroxylation is 2. The van der Waals surface area contributed by atoms with Gasteiger partial charge in [-0.05, 0) is 45.9 Å². The monoisotopic (exact) mass is 409 g/mol. The molecule has 2 heterocycles. The van der Waals surface area contributed by atoms with Gasteiger partial charge in [-0.25, -0.2) is 13.5 Å². The van der Waals surface area contributed by atoms with Gasteiger partial charge in [0.1, 0.15) is 22.8 Å². The third kappa shape index (κ3) is 3.26. The summed E-state index contributed by atoms with van der Waals surface area (Å²) in [4.78, 5) is 13.0. The number of carbonyl (C=O) groups excluding carboxylic acids is 1. The SMILES string of the molecule is Cc1nn(-c2ccc(F)cc2F)c(C)c1C(=O)NC(C)c1oc2ccccc2c1C. The van der Waals surface area contributed by atoms with Gasteiger partial charge in [0.05, 0.1) is 23.0 Å². The van der Waals surface area contributed by atoms with Gasteiger partial charge in [-0.3, -0.25) is 4.79 Å². The van der Waals surface area contributed by atoms with E-state index in [1.807, 2.05) is 38.1 Å². The summed E-state index contributed by atoms with van der Waals surface area (Å²) in [5.41, 5.74) is 3.07. The van der Waals surface area contributed by atoms with E-state index >= 15 is 0 Å². The lowest BCUT2D eigenvalue weighted by Crippen LogP contribution is -2.27. The highest BCUT2D eigenvalue weighted by molar-refractivity contribution is 5.97. The normalized spacial score (nSPS) is 12.3. The van der Waals surface area contributed by atoms with E-state index in [1.165, 1.54) is 10.7 Å². The first-order chi connectivity index (χ1) is 14.3. The first kappa shape index (κ1) is 19.8. The molecule has 5 nitrogen and oxygen atoms in total. The van der Waals surface area contributed by atoms with Crippen molar-refractivity contribution in [2.24, 2.45) is 0 Å². The van der Waals surface area contributed by atoms with Crippen LogP contribution in [0.15, 0.2) is 46.9 Å². The Labute approximate surface area is 172 Å². The molecule has 2 aromatic heterocycles. The Balaban J connectivity index is 1.65. The predicted molar refractivity (Wildman–Crippen MR) is 110 cm³/mol. The molecule has 1 N–H and O–H groups in total. The number of carbonyl (C=O) groups is 1. The van der Waals surface area contributed by atoms with Crippen LogP contribution in [0.1, 0.15) is 46.0 Å². The summed E-state index contributed by atoms with van der Waals surface area (Å²) >= 11 is 0. The minimum absolute atomic E-state index is 0.0808. The molecule has 1 amide bonds. The largest absolute Gasteiger partial charge is 0.459 e. The highest BCUT2D eigenvalue weighted by atomic mass is 19.1. The van der Waals surface area contributed by atoms with Gasteiger partial charge in [-0.2, -0.15) is 5.10 Å². The number of para-hydroxylation sites is 1. The zero-order chi connectivity index (χ0) is 21.6. The molecular weight excluding hydrogens is 388 g/mol. The maximum absolute atomic E-state index is 14.2. The van der Waals surface area contributed by atoms with E-state index in [2.05, 4.69) is 10.4 Å². The van der Waals surface area contributed by atoms with Crippen molar-refractivity contribution in [2.75, 3.05) is 0 Å². The maximum atomic E-state index is 14.2. The quantitative estimate of drug-likeness (QED) is 0.497. The number of nitrogens with zero attached hydrogens (tertiary/aromatic N) is 2. The second-order valence-electron chi connectivity index (χ2n) is 7.34. The van der Waals surface area contributed by atoms with Crippen LogP contribution in [0.4, 0.5) is 8.78 Å². The zero-order valence-corrected chi connectivity index (χ0v) is 17.1. The van der Waals surface area contributed by atoms with Gasteiger partial charge in [0.2, 0.25) is 0 Å². The van der Waals surface area contributed by atoms with E-state index in [-0.39, 0.29) is 17.6 Å². The number of benzene rings is 2. The summed E-state index contributed by atoms with van der Waals surface area (Å²) < 4.78 is 34.7. The summed E-state index contributed by atoms with van der Waals surface area (Å²) in [6, 6.07) is 10.6.